The van der Waals surface area contributed by atoms with E-state index < -0.39 is 0 Å². The van der Waals surface area contributed by atoms with Crippen LogP contribution in [0.2, 0.25) is 0 Å². The minimum absolute atomic E-state index is 0.685. The fraction of sp³-hybridized carbons (Fsp3) is 1.00. The molecule has 0 aromatic rings. The number of hydrogen-bond acceptors (Lipinski definition) is 3. The molecule has 1 fully saturated rings. The van der Waals surface area contributed by atoms with Gasteiger partial charge in [0.1, 0.15) is 0 Å². The van der Waals surface area contributed by atoms with Gasteiger partial charge in [-0.3, -0.25) is 0 Å². The molecule has 1 aliphatic rings. The van der Waals surface area contributed by atoms with Crippen molar-refractivity contribution in [1.29, 1.82) is 0 Å². The standard InChI is InChI=1S/C12H26N2S/c1-11(6-8-15-3)13-9-12-5-4-7-14(2)10-12/h11-13H,4-10H2,1-3H3. The highest BCUT2D eigenvalue weighted by molar-refractivity contribution is 7.98. The number of nitrogens with one attached hydrogen (secondary N) is 1. The average Bonchev–Trinajstić information content (AvgIpc) is 2.23. The molecule has 0 aromatic heterocycles. The Morgan fingerprint density at radius 3 is 3.00 bits per heavy atom. The zero-order chi connectivity index (χ0) is 11.1. The first-order valence-electron chi connectivity index (χ1n) is 6.13. The van der Waals surface area contributed by atoms with Crippen LogP contribution in [0.5, 0.6) is 0 Å². The van der Waals surface area contributed by atoms with E-state index >= 15 is 0 Å². The van der Waals surface area contributed by atoms with E-state index in [4.69, 9.17) is 0 Å². The molecule has 0 amide bonds. The lowest BCUT2D eigenvalue weighted by Crippen LogP contribution is -2.39. The van der Waals surface area contributed by atoms with E-state index in [-0.39, 0.29) is 0 Å². The van der Waals surface area contributed by atoms with Gasteiger partial charge < -0.3 is 10.2 Å². The van der Waals surface area contributed by atoms with E-state index in [0.717, 1.165) is 5.92 Å². The molecular weight excluding hydrogens is 204 g/mol. The van der Waals surface area contributed by atoms with Gasteiger partial charge >= 0.3 is 0 Å². The largest absolute Gasteiger partial charge is 0.314 e. The molecule has 1 aliphatic heterocycles. The van der Waals surface area contributed by atoms with E-state index in [1.807, 2.05) is 11.8 Å². The van der Waals surface area contributed by atoms with Crippen LogP contribution in [0.25, 0.3) is 0 Å². The Kier molecular flexibility index (Phi) is 6.69. The first-order valence-corrected chi connectivity index (χ1v) is 7.52. The summed E-state index contributed by atoms with van der Waals surface area (Å²) < 4.78 is 0. The maximum Gasteiger partial charge on any atom is 0.00467 e. The molecule has 2 atom stereocenters. The second-order valence-electron chi connectivity index (χ2n) is 4.86. The smallest absolute Gasteiger partial charge is 0.00467 e. The third-order valence-corrected chi connectivity index (χ3v) is 3.88. The van der Waals surface area contributed by atoms with Crippen molar-refractivity contribution in [3.05, 3.63) is 0 Å². The van der Waals surface area contributed by atoms with Crippen molar-refractivity contribution < 1.29 is 0 Å². The minimum Gasteiger partial charge on any atom is -0.314 e. The van der Waals surface area contributed by atoms with Gasteiger partial charge in [-0.1, -0.05) is 0 Å². The molecule has 1 heterocycles. The Bertz CT molecular complexity index is 164. The zero-order valence-electron chi connectivity index (χ0n) is 10.5. The van der Waals surface area contributed by atoms with Crippen molar-refractivity contribution in [2.24, 2.45) is 5.92 Å². The summed E-state index contributed by atoms with van der Waals surface area (Å²) in [5.74, 6) is 2.15. The van der Waals surface area contributed by atoms with Gasteiger partial charge in [-0.05, 0) is 64.2 Å². The maximum atomic E-state index is 3.67. The van der Waals surface area contributed by atoms with Gasteiger partial charge in [-0.2, -0.15) is 11.8 Å². The van der Waals surface area contributed by atoms with Gasteiger partial charge in [0.2, 0.25) is 0 Å². The van der Waals surface area contributed by atoms with Gasteiger partial charge in [0.15, 0.2) is 0 Å². The number of nitrogens with zero attached hydrogens (tertiary/aromatic N) is 1. The Hall–Kier alpha value is 0.270. The molecule has 0 aliphatic carbocycles. The van der Waals surface area contributed by atoms with Crippen molar-refractivity contribution in [3.8, 4) is 0 Å². The summed E-state index contributed by atoms with van der Waals surface area (Å²) in [5, 5.41) is 3.67. The summed E-state index contributed by atoms with van der Waals surface area (Å²) in [6, 6.07) is 0.685. The molecule has 0 spiro atoms. The van der Waals surface area contributed by atoms with E-state index in [0.29, 0.717) is 6.04 Å². The van der Waals surface area contributed by atoms with Gasteiger partial charge in [0, 0.05) is 12.6 Å². The van der Waals surface area contributed by atoms with Gasteiger partial charge in [-0.25, -0.2) is 0 Å². The highest BCUT2D eigenvalue weighted by Gasteiger charge is 2.17. The molecule has 3 heteroatoms. The number of piperidine rings is 1. The summed E-state index contributed by atoms with van der Waals surface area (Å²) >= 11 is 1.94. The lowest BCUT2D eigenvalue weighted by atomic mass is 9.98. The van der Waals surface area contributed by atoms with Crippen molar-refractivity contribution in [2.45, 2.75) is 32.2 Å². The molecule has 0 radical (unpaired) electrons. The molecule has 0 bridgehead atoms. The van der Waals surface area contributed by atoms with Crippen LogP contribution < -0.4 is 5.32 Å². The number of likely N-dealkylation sites (tertiary alicyclic amines) is 1. The Balaban J connectivity index is 2.07. The normalized spacial score (nSPS) is 25.4. The number of rotatable bonds is 6. The van der Waals surface area contributed by atoms with Crippen molar-refractivity contribution in [3.63, 3.8) is 0 Å². The Labute approximate surface area is 99.2 Å². The highest BCUT2D eigenvalue weighted by atomic mass is 32.2. The molecule has 90 valence electrons. The van der Waals surface area contributed by atoms with E-state index in [9.17, 15) is 0 Å². The third kappa shape index (κ3) is 5.79. The fourth-order valence-electron chi connectivity index (χ4n) is 2.20. The molecule has 0 aromatic carbocycles. The lowest BCUT2D eigenvalue weighted by Gasteiger charge is -2.30. The first-order chi connectivity index (χ1) is 7.22. The minimum atomic E-state index is 0.685. The summed E-state index contributed by atoms with van der Waals surface area (Å²) in [6.07, 6.45) is 6.27. The predicted octanol–water partition coefficient (Wildman–Crippen LogP) is 2.06. The molecular formula is C12H26N2S. The van der Waals surface area contributed by atoms with Crippen LogP contribution in [0.15, 0.2) is 0 Å². The number of thioether (sulfide) groups is 1. The van der Waals surface area contributed by atoms with Gasteiger partial charge in [0.05, 0.1) is 0 Å². The summed E-state index contributed by atoms with van der Waals surface area (Å²) in [6.45, 7) is 6.09. The molecule has 0 saturated carbocycles. The third-order valence-electron chi connectivity index (χ3n) is 3.23. The van der Waals surface area contributed by atoms with Crippen LogP contribution in [0.4, 0.5) is 0 Å². The second kappa shape index (κ2) is 7.53. The van der Waals surface area contributed by atoms with Crippen molar-refractivity contribution in [2.75, 3.05) is 38.7 Å². The molecule has 1 rings (SSSR count). The van der Waals surface area contributed by atoms with Crippen LogP contribution in [0, 0.1) is 5.92 Å². The van der Waals surface area contributed by atoms with Crippen molar-refractivity contribution in [1.82, 2.24) is 10.2 Å². The summed E-state index contributed by atoms with van der Waals surface area (Å²) in [5.41, 5.74) is 0. The van der Waals surface area contributed by atoms with Gasteiger partial charge in [-0.15, -0.1) is 0 Å². The maximum absolute atomic E-state index is 3.67. The molecule has 15 heavy (non-hydrogen) atoms. The molecule has 1 saturated heterocycles. The van der Waals surface area contributed by atoms with Crippen LogP contribution >= 0.6 is 11.8 Å². The summed E-state index contributed by atoms with van der Waals surface area (Å²) in [7, 11) is 2.24. The Morgan fingerprint density at radius 2 is 2.33 bits per heavy atom. The van der Waals surface area contributed by atoms with E-state index in [1.165, 1.54) is 44.6 Å². The van der Waals surface area contributed by atoms with E-state index in [1.54, 1.807) is 0 Å². The number of hydrogen-bond donors (Lipinski definition) is 1. The monoisotopic (exact) mass is 230 g/mol. The van der Waals surface area contributed by atoms with Crippen LogP contribution in [-0.2, 0) is 0 Å². The van der Waals surface area contributed by atoms with Crippen LogP contribution in [0.3, 0.4) is 0 Å². The van der Waals surface area contributed by atoms with E-state index in [2.05, 4.69) is 30.4 Å². The predicted molar refractivity (Wildman–Crippen MR) is 70.7 cm³/mol. The van der Waals surface area contributed by atoms with Crippen LogP contribution in [0.1, 0.15) is 26.2 Å². The van der Waals surface area contributed by atoms with Gasteiger partial charge in [0.25, 0.3) is 0 Å². The summed E-state index contributed by atoms with van der Waals surface area (Å²) in [4.78, 5) is 2.46. The average molecular weight is 230 g/mol. The van der Waals surface area contributed by atoms with Crippen LogP contribution in [-0.4, -0.2) is 49.6 Å². The molecule has 2 nitrogen and oxygen atoms in total. The quantitative estimate of drug-likeness (QED) is 0.752. The lowest BCUT2D eigenvalue weighted by molar-refractivity contribution is 0.203. The van der Waals surface area contributed by atoms with Crippen molar-refractivity contribution >= 4 is 11.8 Å². The Morgan fingerprint density at radius 1 is 1.53 bits per heavy atom. The fourth-order valence-corrected chi connectivity index (χ4v) is 2.79. The SMILES string of the molecule is CSCCC(C)NCC1CCCN(C)C1. The zero-order valence-corrected chi connectivity index (χ0v) is 11.3. The molecule has 2 unspecified atom stereocenters. The topological polar surface area (TPSA) is 15.3 Å². The highest BCUT2D eigenvalue weighted by Crippen LogP contribution is 2.14. The molecule has 1 N–H and O–H groups in total. The first kappa shape index (κ1) is 13.3. The second-order valence-corrected chi connectivity index (χ2v) is 5.85.